The van der Waals surface area contributed by atoms with Crippen molar-refractivity contribution in [1.82, 2.24) is 15.5 Å². The van der Waals surface area contributed by atoms with E-state index in [1.807, 2.05) is 18.7 Å². The lowest BCUT2D eigenvalue weighted by molar-refractivity contribution is -0.122. The number of carbonyl (C=O) groups is 1. The van der Waals surface area contributed by atoms with Crippen LogP contribution in [-0.2, 0) is 4.79 Å². The Bertz CT molecular complexity index is 242. The first-order chi connectivity index (χ1) is 8.59. The molecule has 2 N–H and O–H groups in total. The number of nitrogens with zero attached hydrogens (tertiary/aromatic N) is 1. The molecule has 106 valence electrons. The number of thioether (sulfide) groups is 1. The summed E-state index contributed by atoms with van der Waals surface area (Å²) in [6.07, 6.45) is 0. The summed E-state index contributed by atoms with van der Waals surface area (Å²) in [6.45, 7) is 11.2. The molecule has 5 heteroatoms. The van der Waals surface area contributed by atoms with E-state index in [0.29, 0.717) is 5.92 Å². The van der Waals surface area contributed by atoms with Crippen LogP contribution >= 0.6 is 11.8 Å². The standard InChI is InChI=1S/C13H27N3OS/c1-11(2)10-15-13(17)12(3)14-4-5-16-6-8-18-9-7-16/h11-12,14H,4-10H2,1-3H3,(H,15,17). The molecule has 0 saturated carbocycles. The maximum absolute atomic E-state index is 11.7. The van der Waals surface area contributed by atoms with Crippen LogP contribution in [0, 0.1) is 5.92 Å². The molecule has 0 spiro atoms. The highest BCUT2D eigenvalue weighted by Gasteiger charge is 2.13. The zero-order valence-electron chi connectivity index (χ0n) is 11.9. The lowest BCUT2D eigenvalue weighted by Crippen LogP contribution is -2.46. The average molecular weight is 273 g/mol. The minimum absolute atomic E-state index is 0.0945. The van der Waals surface area contributed by atoms with Crippen LogP contribution in [0.25, 0.3) is 0 Å². The minimum Gasteiger partial charge on any atom is -0.354 e. The molecule has 1 fully saturated rings. The van der Waals surface area contributed by atoms with Crippen LogP contribution < -0.4 is 10.6 Å². The molecule has 0 radical (unpaired) electrons. The fraction of sp³-hybridized carbons (Fsp3) is 0.923. The SMILES string of the molecule is CC(C)CNC(=O)C(C)NCCN1CCSCC1. The summed E-state index contributed by atoms with van der Waals surface area (Å²) in [4.78, 5) is 14.2. The van der Waals surface area contributed by atoms with Gasteiger partial charge in [-0.3, -0.25) is 4.79 Å². The predicted octanol–water partition coefficient (Wildman–Crippen LogP) is 0.786. The number of carbonyl (C=O) groups excluding carboxylic acids is 1. The Hall–Kier alpha value is -0.260. The van der Waals surface area contributed by atoms with E-state index < -0.39 is 0 Å². The number of rotatable bonds is 7. The van der Waals surface area contributed by atoms with Crippen LogP contribution in [0.5, 0.6) is 0 Å². The molecule has 0 aromatic rings. The Labute approximate surface area is 115 Å². The molecule has 1 unspecified atom stereocenters. The molecular formula is C13H27N3OS. The molecule has 1 atom stereocenters. The van der Waals surface area contributed by atoms with Gasteiger partial charge in [-0.25, -0.2) is 0 Å². The molecule has 1 aliphatic rings. The molecule has 1 amide bonds. The highest BCUT2D eigenvalue weighted by atomic mass is 32.2. The quantitative estimate of drug-likeness (QED) is 0.720. The average Bonchev–Trinajstić information content (AvgIpc) is 2.37. The monoisotopic (exact) mass is 273 g/mol. The number of hydrogen-bond acceptors (Lipinski definition) is 4. The van der Waals surface area contributed by atoms with E-state index in [0.717, 1.165) is 19.6 Å². The van der Waals surface area contributed by atoms with Crippen molar-refractivity contribution >= 4 is 17.7 Å². The molecule has 1 rings (SSSR count). The summed E-state index contributed by atoms with van der Waals surface area (Å²) in [5.41, 5.74) is 0. The van der Waals surface area contributed by atoms with Gasteiger partial charge in [0.1, 0.15) is 0 Å². The predicted molar refractivity (Wildman–Crippen MR) is 79.1 cm³/mol. The Morgan fingerprint density at radius 1 is 1.28 bits per heavy atom. The molecule has 1 saturated heterocycles. The maximum Gasteiger partial charge on any atom is 0.236 e. The van der Waals surface area contributed by atoms with Gasteiger partial charge in [0, 0.05) is 44.2 Å². The van der Waals surface area contributed by atoms with E-state index in [2.05, 4.69) is 29.4 Å². The number of nitrogens with one attached hydrogen (secondary N) is 2. The molecule has 4 nitrogen and oxygen atoms in total. The smallest absolute Gasteiger partial charge is 0.236 e. The summed E-state index contributed by atoms with van der Waals surface area (Å²) in [6, 6.07) is -0.0945. The maximum atomic E-state index is 11.7. The second-order valence-electron chi connectivity index (χ2n) is 5.27. The van der Waals surface area contributed by atoms with Gasteiger partial charge >= 0.3 is 0 Å². The van der Waals surface area contributed by atoms with E-state index in [-0.39, 0.29) is 11.9 Å². The minimum atomic E-state index is -0.0945. The molecule has 0 aromatic carbocycles. The van der Waals surface area contributed by atoms with Crippen molar-refractivity contribution in [2.24, 2.45) is 5.92 Å². The normalized spacial score (nSPS) is 18.9. The first kappa shape index (κ1) is 15.8. The lowest BCUT2D eigenvalue weighted by Gasteiger charge is -2.26. The zero-order chi connectivity index (χ0) is 13.4. The van der Waals surface area contributed by atoms with Crippen molar-refractivity contribution in [2.45, 2.75) is 26.8 Å². The third-order valence-corrected chi connectivity index (χ3v) is 4.00. The van der Waals surface area contributed by atoms with E-state index in [4.69, 9.17) is 0 Å². The Morgan fingerprint density at radius 2 is 1.94 bits per heavy atom. The van der Waals surface area contributed by atoms with Crippen molar-refractivity contribution in [3.63, 3.8) is 0 Å². The van der Waals surface area contributed by atoms with Crippen molar-refractivity contribution in [2.75, 3.05) is 44.2 Å². The molecule has 0 aromatic heterocycles. The fourth-order valence-corrected chi connectivity index (χ4v) is 2.79. The second kappa shape index (κ2) is 8.77. The molecular weight excluding hydrogens is 246 g/mol. The van der Waals surface area contributed by atoms with Gasteiger partial charge in [0.25, 0.3) is 0 Å². The first-order valence-corrected chi connectivity index (χ1v) is 8.06. The second-order valence-corrected chi connectivity index (χ2v) is 6.49. The van der Waals surface area contributed by atoms with Gasteiger partial charge < -0.3 is 15.5 Å². The summed E-state index contributed by atoms with van der Waals surface area (Å²) < 4.78 is 0. The summed E-state index contributed by atoms with van der Waals surface area (Å²) in [7, 11) is 0. The third kappa shape index (κ3) is 6.61. The van der Waals surface area contributed by atoms with Crippen LogP contribution in [-0.4, -0.2) is 61.1 Å². The van der Waals surface area contributed by atoms with Gasteiger partial charge in [-0.15, -0.1) is 0 Å². The van der Waals surface area contributed by atoms with E-state index in [1.54, 1.807) is 0 Å². The van der Waals surface area contributed by atoms with Crippen LogP contribution in [0.1, 0.15) is 20.8 Å². The third-order valence-electron chi connectivity index (χ3n) is 3.06. The van der Waals surface area contributed by atoms with Gasteiger partial charge in [0.05, 0.1) is 6.04 Å². The van der Waals surface area contributed by atoms with Crippen LogP contribution in [0.2, 0.25) is 0 Å². The summed E-state index contributed by atoms with van der Waals surface area (Å²) in [5, 5.41) is 6.24. The van der Waals surface area contributed by atoms with Gasteiger partial charge in [0.2, 0.25) is 5.91 Å². The van der Waals surface area contributed by atoms with Gasteiger partial charge in [0.15, 0.2) is 0 Å². The molecule has 0 bridgehead atoms. The van der Waals surface area contributed by atoms with E-state index in [9.17, 15) is 4.79 Å². The van der Waals surface area contributed by atoms with Gasteiger partial charge in [-0.2, -0.15) is 11.8 Å². The van der Waals surface area contributed by atoms with Crippen LogP contribution in [0.15, 0.2) is 0 Å². The van der Waals surface area contributed by atoms with Gasteiger partial charge in [-0.05, 0) is 12.8 Å². The molecule has 1 aliphatic heterocycles. The largest absolute Gasteiger partial charge is 0.354 e. The van der Waals surface area contributed by atoms with Gasteiger partial charge in [-0.1, -0.05) is 13.8 Å². The molecule has 0 aliphatic carbocycles. The zero-order valence-corrected chi connectivity index (χ0v) is 12.7. The Kier molecular flexibility index (Phi) is 7.70. The lowest BCUT2D eigenvalue weighted by atomic mass is 10.2. The van der Waals surface area contributed by atoms with Crippen LogP contribution in [0.4, 0.5) is 0 Å². The number of hydrogen-bond donors (Lipinski definition) is 2. The Morgan fingerprint density at radius 3 is 2.56 bits per heavy atom. The summed E-state index contributed by atoms with van der Waals surface area (Å²) >= 11 is 2.03. The topological polar surface area (TPSA) is 44.4 Å². The van der Waals surface area contributed by atoms with Crippen molar-refractivity contribution < 1.29 is 4.79 Å². The highest BCUT2D eigenvalue weighted by molar-refractivity contribution is 7.99. The molecule has 18 heavy (non-hydrogen) atoms. The van der Waals surface area contributed by atoms with Crippen molar-refractivity contribution in [1.29, 1.82) is 0 Å². The van der Waals surface area contributed by atoms with Crippen molar-refractivity contribution in [3.05, 3.63) is 0 Å². The van der Waals surface area contributed by atoms with E-state index in [1.165, 1.54) is 24.6 Å². The molecule has 1 heterocycles. The van der Waals surface area contributed by atoms with Crippen LogP contribution in [0.3, 0.4) is 0 Å². The first-order valence-electron chi connectivity index (χ1n) is 6.90. The fourth-order valence-electron chi connectivity index (χ4n) is 1.81. The van der Waals surface area contributed by atoms with E-state index >= 15 is 0 Å². The Balaban J connectivity index is 2.08. The van der Waals surface area contributed by atoms with Crippen molar-refractivity contribution in [3.8, 4) is 0 Å². The summed E-state index contributed by atoms with van der Waals surface area (Å²) in [5.74, 6) is 3.10. The highest BCUT2D eigenvalue weighted by Crippen LogP contribution is 2.07. The number of amides is 1.